The Hall–Kier alpha value is -1.63. The van der Waals surface area contributed by atoms with Crippen LogP contribution in [0.15, 0.2) is 23.1 Å². The van der Waals surface area contributed by atoms with Crippen molar-refractivity contribution in [3.05, 3.63) is 29.8 Å². The van der Waals surface area contributed by atoms with Crippen molar-refractivity contribution in [1.82, 2.24) is 4.90 Å². The molecule has 0 bridgehead atoms. The van der Waals surface area contributed by atoms with E-state index < -0.39 is 23.6 Å². The summed E-state index contributed by atoms with van der Waals surface area (Å²) in [5, 5.41) is 9.12. The molecule has 1 aliphatic rings. The molecule has 1 amide bonds. The smallest absolute Gasteiger partial charge is 0.326 e. The summed E-state index contributed by atoms with van der Waals surface area (Å²) in [6, 6.07) is 2.35. The number of aliphatic carboxylic acids is 1. The van der Waals surface area contributed by atoms with Crippen molar-refractivity contribution in [3.8, 4) is 0 Å². The molecule has 0 unspecified atom stereocenters. The number of rotatable bonds is 4. The number of benzene rings is 1. The first-order valence-electron chi connectivity index (χ1n) is 6.59. The number of nitrogens with zero attached hydrogens (tertiary/aromatic N) is 1. The lowest BCUT2D eigenvalue weighted by molar-refractivity contribution is -0.150. The average molecular weight is 315 g/mol. The summed E-state index contributed by atoms with van der Waals surface area (Å²) in [5.74, 6) is -2.81. The number of thioether (sulfide) groups is 1. The Labute approximate surface area is 125 Å². The minimum absolute atomic E-state index is 0.0632. The minimum atomic E-state index is -1.01. The first kappa shape index (κ1) is 15.8. The molecule has 0 saturated carbocycles. The van der Waals surface area contributed by atoms with Crippen molar-refractivity contribution in [3.63, 3.8) is 0 Å². The van der Waals surface area contributed by atoms with Gasteiger partial charge in [0.15, 0.2) is 0 Å². The lowest BCUT2D eigenvalue weighted by Gasteiger charge is -2.32. The van der Waals surface area contributed by atoms with Crippen LogP contribution in [-0.2, 0) is 9.59 Å². The van der Waals surface area contributed by atoms with Gasteiger partial charge in [-0.15, -0.1) is 11.8 Å². The molecule has 1 saturated heterocycles. The Kier molecular flexibility index (Phi) is 5.17. The van der Waals surface area contributed by atoms with Crippen molar-refractivity contribution < 1.29 is 23.5 Å². The largest absolute Gasteiger partial charge is 0.480 e. The number of carbonyl (C=O) groups is 2. The van der Waals surface area contributed by atoms with E-state index in [1.54, 1.807) is 0 Å². The summed E-state index contributed by atoms with van der Waals surface area (Å²) in [7, 11) is 0. The highest BCUT2D eigenvalue weighted by molar-refractivity contribution is 8.00. The first-order chi connectivity index (χ1) is 9.99. The Morgan fingerprint density at radius 2 is 2.10 bits per heavy atom. The molecular formula is C14H15F2NO3S. The monoisotopic (exact) mass is 315 g/mol. The van der Waals surface area contributed by atoms with E-state index >= 15 is 0 Å². The predicted molar refractivity (Wildman–Crippen MR) is 74.1 cm³/mol. The highest BCUT2D eigenvalue weighted by atomic mass is 32.2. The quantitative estimate of drug-likeness (QED) is 0.868. The van der Waals surface area contributed by atoms with Crippen LogP contribution in [0, 0.1) is 11.6 Å². The standard InChI is InChI=1S/C14H15F2NO3S/c15-9-4-5-12(10(16)7-9)21-8-13(18)17-6-2-1-3-11(17)14(19)20/h4-5,7,11H,1-3,6,8H2,(H,19,20)/t11-/m1/s1. The molecule has 114 valence electrons. The van der Waals surface area contributed by atoms with E-state index in [0.717, 1.165) is 36.7 Å². The van der Waals surface area contributed by atoms with Gasteiger partial charge in [-0.25, -0.2) is 13.6 Å². The zero-order chi connectivity index (χ0) is 15.4. The van der Waals surface area contributed by atoms with Crippen LogP contribution in [0.4, 0.5) is 8.78 Å². The van der Waals surface area contributed by atoms with E-state index in [9.17, 15) is 18.4 Å². The third-order valence-electron chi connectivity index (χ3n) is 3.35. The molecule has 0 radical (unpaired) electrons. The van der Waals surface area contributed by atoms with Crippen LogP contribution in [0.3, 0.4) is 0 Å². The fraction of sp³-hybridized carbons (Fsp3) is 0.429. The van der Waals surface area contributed by atoms with Gasteiger partial charge >= 0.3 is 5.97 Å². The topological polar surface area (TPSA) is 57.6 Å². The molecule has 2 rings (SSSR count). The second kappa shape index (κ2) is 6.89. The van der Waals surface area contributed by atoms with Gasteiger partial charge < -0.3 is 10.0 Å². The molecule has 1 N–H and O–H groups in total. The lowest BCUT2D eigenvalue weighted by atomic mass is 10.0. The number of piperidine rings is 1. The van der Waals surface area contributed by atoms with Gasteiger partial charge in [-0.1, -0.05) is 0 Å². The summed E-state index contributed by atoms with van der Waals surface area (Å²) in [5.41, 5.74) is 0. The molecule has 1 aromatic rings. The lowest BCUT2D eigenvalue weighted by Crippen LogP contribution is -2.48. The van der Waals surface area contributed by atoms with Crippen LogP contribution in [0.5, 0.6) is 0 Å². The van der Waals surface area contributed by atoms with Gasteiger partial charge in [-0.05, 0) is 31.4 Å². The fourth-order valence-electron chi connectivity index (χ4n) is 2.30. The van der Waals surface area contributed by atoms with Crippen molar-refractivity contribution >= 4 is 23.6 Å². The molecule has 1 heterocycles. The molecule has 1 aliphatic heterocycles. The van der Waals surface area contributed by atoms with Crippen LogP contribution in [-0.4, -0.2) is 40.2 Å². The maximum absolute atomic E-state index is 13.5. The molecular weight excluding hydrogens is 300 g/mol. The predicted octanol–water partition coefficient (Wildman–Crippen LogP) is 2.52. The van der Waals surface area contributed by atoms with Crippen LogP contribution < -0.4 is 0 Å². The number of halogens is 2. The molecule has 4 nitrogen and oxygen atoms in total. The molecule has 0 aliphatic carbocycles. The molecule has 0 aromatic heterocycles. The van der Waals surface area contributed by atoms with E-state index in [1.165, 1.54) is 11.0 Å². The van der Waals surface area contributed by atoms with Gasteiger partial charge in [0.2, 0.25) is 5.91 Å². The highest BCUT2D eigenvalue weighted by Crippen LogP contribution is 2.24. The van der Waals surface area contributed by atoms with Crippen molar-refractivity contribution in [2.24, 2.45) is 0 Å². The van der Waals surface area contributed by atoms with Gasteiger partial charge in [0.05, 0.1) is 5.75 Å². The first-order valence-corrected chi connectivity index (χ1v) is 7.57. The summed E-state index contributed by atoms with van der Waals surface area (Å²) in [6.07, 6.45) is 1.99. The molecule has 21 heavy (non-hydrogen) atoms. The van der Waals surface area contributed by atoms with Crippen molar-refractivity contribution in [2.75, 3.05) is 12.3 Å². The van der Waals surface area contributed by atoms with Crippen LogP contribution in [0.2, 0.25) is 0 Å². The van der Waals surface area contributed by atoms with Crippen LogP contribution in [0.25, 0.3) is 0 Å². The number of carboxylic acid groups (broad SMARTS) is 1. The Morgan fingerprint density at radius 1 is 1.33 bits per heavy atom. The number of hydrogen-bond donors (Lipinski definition) is 1. The van der Waals surface area contributed by atoms with E-state index in [0.29, 0.717) is 13.0 Å². The maximum Gasteiger partial charge on any atom is 0.326 e. The second-order valence-corrected chi connectivity index (χ2v) is 5.82. The minimum Gasteiger partial charge on any atom is -0.480 e. The Balaban J connectivity index is 1.98. The van der Waals surface area contributed by atoms with Crippen molar-refractivity contribution in [2.45, 2.75) is 30.2 Å². The summed E-state index contributed by atoms with van der Waals surface area (Å²) >= 11 is 0.945. The number of carboxylic acids is 1. The number of hydrogen-bond acceptors (Lipinski definition) is 3. The van der Waals surface area contributed by atoms with Gasteiger partial charge in [-0.3, -0.25) is 4.79 Å². The summed E-state index contributed by atoms with van der Waals surface area (Å²) < 4.78 is 26.3. The van der Waals surface area contributed by atoms with Gasteiger partial charge in [-0.2, -0.15) is 0 Å². The molecule has 1 fully saturated rings. The number of likely N-dealkylation sites (tertiary alicyclic amines) is 1. The zero-order valence-corrected chi connectivity index (χ0v) is 12.0. The SMILES string of the molecule is O=C(O)[C@H]1CCCCN1C(=O)CSc1ccc(F)cc1F. The zero-order valence-electron chi connectivity index (χ0n) is 11.2. The Bertz CT molecular complexity index is 553. The third-order valence-corrected chi connectivity index (χ3v) is 4.39. The molecule has 0 spiro atoms. The van der Waals surface area contributed by atoms with Crippen LogP contribution >= 0.6 is 11.8 Å². The fourth-order valence-corrected chi connectivity index (χ4v) is 3.11. The van der Waals surface area contributed by atoms with Crippen LogP contribution in [0.1, 0.15) is 19.3 Å². The van der Waals surface area contributed by atoms with Gasteiger partial charge in [0.25, 0.3) is 0 Å². The molecule has 1 aromatic carbocycles. The van der Waals surface area contributed by atoms with E-state index in [-0.39, 0.29) is 16.6 Å². The molecule has 7 heteroatoms. The Morgan fingerprint density at radius 3 is 2.76 bits per heavy atom. The van der Waals surface area contributed by atoms with E-state index in [4.69, 9.17) is 5.11 Å². The number of amides is 1. The van der Waals surface area contributed by atoms with Crippen molar-refractivity contribution in [1.29, 1.82) is 0 Å². The van der Waals surface area contributed by atoms with Gasteiger partial charge in [0, 0.05) is 17.5 Å². The maximum atomic E-state index is 13.5. The third kappa shape index (κ3) is 3.93. The normalized spacial score (nSPS) is 18.6. The highest BCUT2D eigenvalue weighted by Gasteiger charge is 2.31. The molecule has 1 atom stereocenters. The second-order valence-electron chi connectivity index (χ2n) is 4.80. The summed E-state index contributed by atoms with van der Waals surface area (Å²) in [6.45, 7) is 0.405. The summed E-state index contributed by atoms with van der Waals surface area (Å²) in [4.78, 5) is 24.8. The van der Waals surface area contributed by atoms with E-state index in [1.807, 2.05) is 0 Å². The van der Waals surface area contributed by atoms with E-state index in [2.05, 4.69) is 0 Å². The number of carbonyl (C=O) groups excluding carboxylic acids is 1. The average Bonchev–Trinajstić information content (AvgIpc) is 2.46. The van der Waals surface area contributed by atoms with Gasteiger partial charge in [0.1, 0.15) is 17.7 Å².